The summed E-state index contributed by atoms with van der Waals surface area (Å²) in [6.07, 6.45) is 4.91. The molecule has 2 aromatic carbocycles. The van der Waals surface area contributed by atoms with Crippen LogP contribution in [0.1, 0.15) is 22.8 Å². The zero-order chi connectivity index (χ0) is 27.0. The lowest BCUT2D eigenvalue weighted by Crippen LogP contribution is -2.25. The molecule has 2 N–H and O–H groups in total. The van der Waals surface area contributed by atoms with Crippen LogP contribution in [0.15, 0.2) is 61.1 Å². The number of nitrogens with zero attached hydrogens (tertiary/aromatic N) is 5. The van der Waals surface area contributed by atoms with Crippen molar-refractivity contribution in [2.75, 3.05) is 5.32 Å². The zero-order valence-electron chi connectivity index (χ0n) is 20.2. The van der Waals surface area contributed by atoms with E-state index in [1.165, 1.54) is 41.9 Å². The number of imidazole rings is 1. The maximum absolute atomic E-state index is 15.6. The molecule has 0 radical (unpaired) electrons. The van der Waals surface area contributed by atoms with Crippen LogP contribution in [-0.2, 0) is 18.4 Å². The molecule has 5 rings (SSSR count). The van der Waals surface area contributed by atoms with Crippen LogP contribution in [0.2, 0.25) is 5.02 Å². The maximum atomic E-state index is 15.6. The van der Waals surface area contributed by atoms with Crippen LogP contribution in [0, 0.1) is 11.6 Å². The molecule has 0 saturated heterocycles. The van der Waals surface area contributed by atoms with E-state index in [1.807, 2.05) is 0 Å². The van der Waals surface area contributed by atoms with E-state index >= 15 is 4.39 Å². The van der Waals surface area contributed by atoms with E-state index in [9.17, 15) is 14.0 Å². The average Bonchev–Trinajstić information content (AvgIpc) is 3.48. The largest absolute Gasteiger partial charge is 0.348 e. The lowest BCUT2D eigenvalue weighted by molar-refractivity contribution is -0.114. The summed E-state index contributed by atoms with van der Waals surface area (Å²) in [4.78, 5) is 28.5. The first-order valence-corrected chi connectivity index (χ1v) is 11.8. The zero-order valence-corrected chi connectivity index (χ0v) is 20.9. The molecule has 0 spiro atoms. The quantitative estimate of drug-likeness (QED) is 0.330. The first-order valence-electron chi connectivity index (χ1n) is 11.4. The molecular weight excluding hydrogens is 516 g/mol. The third-order valence-corrected chi connectivity index (χ3v) is 6.06. The van der Waals surface area contributed by atoms with Gasteiger partial charge in [0.1, 0.15) is 11.6 Å². The smallest absolute Gasteiger partial charge is 0.256 e. The second-order valence-electron chi connectivity index (χ2n) is 8.50. The number of halogens is 3. The molecular formula is C26H20ClF2N7O2. The molecule has 0 atom stereocenters. The van der Waals surface area contributed by atoms with Gasteiger partial charge in [0.25, 0.3) is 5.91 Å². The van der Waals surface area contributed by atoms with Gasteiger partial charge in [-0.05, 0) is 42.0 Å². The van der Waals surface area contributed by atoms with Crippen molar-refractivity contribution >= 4 is 34.9 Å². The highest BCUT2D eigenvalue weighted by Gasteiger charge is 2.22. The molecule has 0 aliphatic carbocycles. The van der Waals surface area contributed by atoms with Crippen LogP contribution in [0.25, 0.3) is 28.0 Å². The Morgan fingerprint density at radius 2 is 1.87 bits per heavy atom. The summed E-state index contributed by atoms with van der Waals surface area (Å²) in [5.74, 6) is -2.21. The highest BCUT2D eigenvalue weighted by Crippen LogP contribution is 2.29. The minimum absolute atomic E-state index is 0.0287. The Morgan fingerprint density at radius 3 is 2.61 bits per heavy atom. The number of hydrogen-bond donors (Lipinski definition) is 2. The van der Waals surface area contributed by atoms with E-state index in [0.29, 0.717) is 11.5 Å². The summed E-state index contributed by atoms with van der Waals surface area (Å²) in [5.41, 5.74) is 2.00. The van der Waals surface area contributed by atoms with Crippen LogP contribution in [0.4, 0.5) is 14.6 Å². The van der Waals surface area contributed by atoms with Gasteiger partial charge < -0.3 is 10.6 Å². The van der Waals surface area contributed by atoms with Crippen molar-refractivity contribution in [1.29, 1.82) is 0 Å². The monoisotopic (exact) mass is 535 g/mol. The maximum Gasteiger partial charge on any atom is 0.256 e. The molecule has 0 fully saturated rings. The summed E-state index contributed by atoms with van der Waals surface area (Å²) < 4.78 is 33.1. The number of anilines is 1. The highest BCUT2D eigenvalue weighted by atomic mass is 35.5. The number of aromatic nitrogens is 5. The van der Waals surface area contributed by atoms with Gasteiger partial charge >= 0.3 is 0 Å². The van der Waals surface area contributed by atoms with Gasteiger partial charge in [0.15, 0.2) is 11.5 Å². The third-order valence-electron chi connectivity index (χ3n) is 5.74. The summed E-state index contributed by atoms with van der Waals surface area (Å²) in [7, 11) is 1.77. The summed E-state index contributed by atoms with van der Waals surface area (Å²) in [6.45, 7) is 1.16. The van der Waals surface area contributed by atoms with Crippen molar-refractivity contribution in [3.63, 3.8) is 0 Å². The van der Waals surface area contributed by atoms with E-state index in [1.54, 1.807) is 42.3 Å². The lowest BCUT2D eigenvalue weighted by atomic mass is 10.0. The van der Waals surface area contributed by atoms with E-state index in [4.69, 9.17) is 11.6 Å². The first kappa shape index (κ1) is 25.0. The van der Waals surface area contributed by atoms with E-state index < -0.39 is 17.5 Å². The number of rotatable bonds is 6. The van der Waals surface area contributed by atoms with Crippen molar-refractivity contribution in [3.8, 4) is 22.4 Å². The Kier molecular flexibility index (Phi) is 6.60. The Labute approximate surface area is 220 Å². The van der Waals surface area contributed by atoms with Crippen molar-refractivity contribution in [2.45, 2.75) is 13.5 Å². The summed E-state index contributed by atoms with van der Waals surface area (Å²) in [6, 6.07) is 10.4. The minimum atomic E-state index is -0.881. The molecule has 0 bridgehead atoms. The topological polar surface area (TPSA) is 106 Å². The van der Waals surface area contributed by atoms with Gasteiger partial charge in [0.2, 0.25) is 5.91 Å². The Balaban J connectivity index is 1.40. The van der Waals surface area contributed by atoms with Crippen LogP contribution in [0.3, 0.4) is 0 Å². The Hall–Kier alpha value is -4.64. The molecule has 3 heterocycles. The highest BCUT2D eigenvalue weighted by molar-refractivity contribution is 6.34. The number of hydrogen-bond acceptors (Lipinski definition) is 5. The molecule has 38 heavy (non-hydrogen) atoms. The number of aryl methyl sites for hydroxylation is 1. The summed E-state index contributed by atoms with van der Waals surface area (Å²) >= 11 is 6.19. The fourth-order valence-electron chi connectivity index (χ4n) is 3.95. The van der Waals surface area contributed by atoms with Crippen LogP contribution in [-0.4, -0.2) is 36.2 Å². The summed E-state index contributed by atoms with van der Waals surface area (Å²) in [5, 5.41) is 13.5. The number of carbonyl (C=O) groups is 2. The molecule has 2 amide bonds. The Morgan fingerprint density at radius 1 is 1.05 bits per heavy atom. The van der Waals surface area contributed by atoms with Crippen LogP contribution >= 0.6 is 11.6 Å². The number of nitrogens with one attached hydrogen (secondary N) is 2. The van der Waals surface area contributed by atoms with Crippen LogP contribution in [0.5, 0.6) is 0 Å². The van der Waals surface area contributed by atoms with E-state index in [0.717, 1.165) is 11.1 Å². The lowest BCUT2D eigenvalue weighted by Gasteiger charge is -2.12. The van der Waals surface area contributed by atoms with Gasteiger partial charge in [-0.1, -0.05) is 17.7 Å². The number of carbonyl (C=O) groups excluding carboxylic acids is 2. The molecule has 3 aromatic heterocycles. The third kappa shape index (κ3) is 4.96. The molecule has 0 aliphatic rings. The number of fused-ring (bicyclic) bond motifs is 1. The SMILES string of the molecule is CC(=O)Nc1cn2nc(-c3ccc(Cl)c(C(=O)NCc4cc(-c5cnn(C)c5)ccc4F)c3F)ccc2n1. The first-order chi connectivity index (χ1) is 18.2. The van der Waals surface area contributed by atoms with Crippen molar-refractivity contribution in [1.82, 2.24) is 29.7 Å². The van der Waals surface area contributed by atoms with Crippen LogP contribution < -0.4 is 10.6 Å². The fourth-order valence-corrected chi connectivity index (χ4v) is 4.18. The van der Waals surface area contributed by atoms with Gasteiger partial charge in [0.05, 0.1) is 28.7 Å². The number of benzene rings is 2. The van der Waals surface area contributed by atoms with Crippen molar-refractivity contribution in [3.05, 3.63) is 88.8 Å². The number of amides is 2. The van der Waals surface area contributed by atoms with Crippen molar-refractivity contribution < 1.29 is 18.4 Å². The van der Waals surface area contributed by atoms with Gasteiger partial charge in [-0.3, -0.25) is 14.3 Å². The molecule has 9 nitrogen and oxygen atoms in total. The van der Waals surface area contributed by atoms with Gasteiger partial charge in [-0.2, -0.15) is 10.2 Å². The Bertz CT molecular complexity index is 1710. The predicted octanol–water partition coefficient (Wildman–Crippen LogP) is 4.62. The minimum Gasteiger partial charge on any atom is -0.348 e. The predicted molar refractivity (Wildman–Crippen MR) is 137 cm³/mol. The van der Waals surface area contributed by atoms with Gasteiger partial charge in [-0.15, -0.1) is 0 Å². The fraction of sp³-hybridized carbons (Fsp3) is 0.115. The second-order valence-corrected chi connectivity index (χ2v) is 8.91. The normalized spacial score (nSPS) is 11.1. The molecule has 12 heteroatoms. The molecule has 5 aromatic rings. The second kappa shape index (κ2) is 10.0. The molecule has 0 saturated carbocycles. The molecule has 0 aliphatic heterocycles. The van der Waals surface area contributed by atoms with E-state index in [-0.39, 0.29) is 39.9 Å². The van der Waals surface area contributed by atoms with E-state index in [2.05, 4.69) is 25.8 Å². The van der Waals surface area contributed by atoms with Gasteiger partial charge in [0, 0.05) is 43.4 Å². The molecule has 0 unspecified atom stereocenters. The standard InChI is InChI=1S/C26H20ClF2N7O2/c1-14(37)32-22-13-36-23(33-22)8-7-21(34-36)18-4-5-19(27)24(25(18)29)26(38)30-10-16-9-15(3-6-20(16)28)17-11-31-35(2)12-17/h3-9,11-13H,10H2,1-2H3,(H,30,38)(H,32,37). The van der Waals surface area contributed by atoms with Crippen molar-refractivity contribution in [2.24, 2.45) is 7.05 Å². The van der Waals surface area contributed by atoms with Gasteiger partial charge in [-0.25, -0.2) is 18.3 Å². The average molecular weight is 536 g/mol. The molecule has 192 valence electrons.